The molecule has 0 rings (SSSR count). The van der Waals surface area contributed by atoms with Crippen molar-refractivity contribution in [3.05, 3.63) is 0 Å². The third kappa shape index (κ3) is 6.80. The third-order valence-corrected chi connectivity index (χ3v) is 2.73. The molecule has 0 aliphatic carbocycles. The lowest BCUT2D eigenvalue weighted by atomic mass is 10.5. The summed E-state index contributed by atoms with van der Waals surface area (Å²) in [5.41, 5.74) is 0. The number of likely N-dealkylation sites (N-methyl/N-ethyl adjacent to an activating group) is 1. The second kappa shape index (κ2) is 4.38. The number of rotatable bonds is 5. The van der Waals surface area contributed by atoms with E-state index in [9.17, 15) is 4.57 Å². The standard InChI is InChI=1S/C7H19NO3P/c1-8(2,3)6-7-11-12(5,9)10-4/h6-7H2,1-5H3/q+1. The van der Waals surface area contributed by atoms with Gasteiger partial charge in [-0.3, -0.25) is 4.57 Å². The number of hydrogen-bond acceptors (Lipinski definition) is 3. The van der Waals surface area contributed by atoms with Crippen molar-refractivity contribution >= 4 is 7.60 Å². The maximum absolute atomic E-state index is 11.2. The SMILES string of the molecule is COP(C)(=O)OCC[N+](C)(C)C. The number of quaternary nitrogens is 1. The third-order valence-electron chi connectivity index (χ3n) is 1.42. The van der Waals surface area contributed by atoms with Gasteiger partial charge in [0.1, 0.15) is 13.2 Å². The van der Waals surface area contributed by atoms with Gasteiger partial charge in [0.05, 0.1) is 21.1 Å². The normalized spacial score (nSPS) is 17.4. The van der Waals surface area contributed by atoms with Gasteiger partial charge in [0.15, 0.2) is 0 Å². The number of nitrogens with zero attached hydrogens (tertiary/aromatic N) is 1. The van der Waals surface area contributed by atoms with E-state index < -0.39 is 7.60 Å². The molecule has 0 aromatic heterocycles. The molecule has 0 bridgehead atoms. The minimum Gasteiger partial charge on any atom is -0.329 e. The largest absolute Gasteiger partial charge is 0.329 e. The molecule has 0 fully saturated rings. The highest BCUT2D eigenvalue weighted by Gasteiger charge is 2.16. The van der Waals surface area contributed by atoms with Crippen LogP contribution in [-0.2, 0) is 13.6 Å². The molecule has 0 saturated heterocycles. The van der Waals surface area contributed by atoms with E-state index >= 15 is 0 Å². The summed E-state index contributed by atoms with van der Waals surface area (Å²) < 4.78 is 21.8. The summed E-state index contributed by atoms with van der Waals surface area (Å²) in [4.78, 5) is 0. The van der Waals surface area contributed by atoms with E-state index in [0.717, 1.165) is 11.0 Å². The van der Waals surface area contributed by atoms with Crippen LogP contribution in [0.3, 0.4) is 0 Å². The Morgan fingerprint density at radius 3 is 2.17 bits per heavy atom. The Morgan fingerprint density at radius 1 is 1.33 bits per heavy atom. The lowest BCUT2D eigenvalue weighted by Gasteiger charge is -2.24. The van der Waals surface area contributed by atoms with Crippen LogP contribution in [0.15, 0.2) is 0 Å². The first kappa shape index (κ1) is 12.1. The fourth-order valence-electron chi connectivity index (χ4n) is 0.533. The summed E-state index contributed by atoms with van der Waals surface area (Å²) in [5.74, 6) is 0. The van der Waals surface area contributed by atoms with Gasteiger partial charge < -0.3 is 13.5 Å². The molecule has 0 N–H and O–H groups in total. The fraction of sp³-hybridized carbons (Fsp3) is 1.00. The Labute approximate surface area is 74.6 Å². The highest BCUT2D eigenvalue weighted by atomic mass is 31.2. The highest BCUT2D eigenvalue weighted by Crippen LogP contribution is 2.42. The van der Waals surface area contributed by atoms with E-state index in [2.05, 4.69) is 25.7 Å². The molecule has 0 saturated carbocycles. The van der Waals surface area contributed by atoms with Crippen molar-refractivity contribution in [1.82, 2.24) is 0 Å². The summed E-state index contributed by atoms with van der Waals surface area (Å²) in [6.45, 7) is 2.76. The van der Waals surface area contributed by atoms with E-state index in [1.165, 1.54) is 13.8 Å². The molecule has 4 nitrogen and oxygen atoms in total. The van der Waals surface area contributed by atoms with Crippen molar-refractivity contribution in [2.75, 3.05) is 48.1 Å². The van der Waals surface area contributed by atoms with Crippen molar-refractivity contribution in [3.63, 3.8) is 0 Å². The predicted octanol–water partition coefficient (Wildman–Crippen LogP) is 1.18. The van der Waals surface area contributed by atoms with Crippen LogP contribution in [0.2, 0.25) is 0 Å². The van der Waals surface area contributed by atoms with E-state index in [1.54, 1.807) is 0 Å². The van der Waals surface area contributed by atoms with Crippen molar-refractivity contribution in [2.24, 2.45) is 0 Å². The van der Waals surface area contributed by atoms with Gasteiger partial charge in [-0.25, -0.2) is 0 Å². The Bertz CT molecular complexity index is 176. The van der Waals surface area contributed by atoms with Crippen LogP contribution in [-0.4, -0.2) is 52.6 Å². The minimum atomic E-state index is -2.77. The van der Waals surface area contributed by atoms with Crippen molar-refractivity contribution in [1.29, 1.82) is 0 Å². The van der Waals surface area contributed by atoms with E-state index in [0.29, 0.717) is 6.61 Å². The van der Waals surface area contributed by atoms with E-state index in [-0.39, 0.29) is 0 Å². The van der Waals surface area contributed by atoms with Gasteiger partial charge in [0.25, 0.3) is 0 Å². The Hall–Kier alpha value is 0.110. The summed E-state index contributed by atoms with van der Waals surface area (Å²) in [6, 6.07) is 0. The van der Waals surface area contributed by atoms with Gasteiger partial charge in [0.2, 0.25) is 0 Å². The van der Waals surface area contributed by atoms with Gasteiger partial charge in [-0.05, 0) is 0 Å². The van der Waals surface area contributed by atoms with Crippen LogP contribution in [0.1, 0.15) is 0 Å². The van der Waals surface area contributed by atoms with Gasteiger partial charge in [-0.1, -0.05) is 0 Å². The van der Waals surface area contributed by atoms with Crippen molar-refractivity contribution in [3.8, 4) is 0 Å². The van der Waals surface area contributed by atoms with Crippen LogP contribution in [0, 0.1) is 0 Å². The quantitative estimate of drug-likeness (QED) is 0.489. The predicted molar refractivity (Wildman–Crippen MR) is 49.4 cm³/mol. The molecule has 0 aromatic rings. The molecule has 12 heavy (non-hydrogen) atoms. The monoisotopic (exact) mass is 196 g/mol. The Morgan fingerprint density at radius 2 is 1.83 bits per heavy atom. The van der Waals surface area contributed by atoms with Crippen molar-refractivity contribution < 1.29 is 18.1 Å². The molecule has 5 heteroatoms. The lowest BCUT2D eigenvalue weighted by Crippen LogP contribution is -2.37. The van der Waals surface area contributed by atoms with E-state index in [1.807, 2.05) is 0 Å². The molecule has 74 valence electrons. The average molecular weight is 196 g/mol. The second-order valence-electron chi connectivity index (χ2n) is 3.80. The molecule has 1 atom stereocenters. The first-order chi connectivity index (χ1) is 5.27. The van der Waals surface area contributed by atoms with Crippen molar-refractivity contribution in [2.45, 2.75) is 0 Å². The summed E-state index contributed by atoms with van der Waals surface area (Å²) in [6.07, 6.45) is 0. The average Bonchev–Trinajstić information content (AvgIpc) is 1.84. The topological polar surface area (TPSA) is 35.5 Å². The maximum atomic E-state index is 11.2. The molecule has 0 radical (unpaired) electrons. The summed E-state index contributed by atoms with van der Waals surface area (Å²) in [7, 11) is 4.78. The first-order valence-corrected chi connectivity index (χ1v) is 5.84. The summed E-state index contributed by atoms with van der Waals surface area (Å²) >= 11 is 0. The number of hydrogen-bond donors (Lipinski definition) is 0. The molecule has 0 aromatic carbocycles. The highest BCUT2D eigenvalue weighted by molar-refractivity contribution is 7.52. The van der Waals surface area contributed by atoms with Crippen LogP contribution in [0.4, 0.5) is 0 Å². The second-order valence-corrected chi connectivity index (χ2v) is 5.97. The molecule has 0 heterocycles. The fourth-order valence-corrected chi connectivity index (χ4v) is 1.05. The molecule has 0 spiro atoms. The molecular formula is C7H19NO3P+. The van der Waals surface area contributed by atoms with E-state index in [4.69, 9.17) is 4.52 Å². The molecular weight excluding hydrogens is 177 g/mol. The van der Waals surface area contributed by atoms with Gasteiger partial charge in [0, 0.05) is 13.8 Å². The lowest BCUT2D eigenvalue weighted by molar-refractivity contribution is -0.870. The molecule has 0 aliphatic heterocycles. The minimum absolute atomic E-state index is 0.463. The first-order valence-electron chi connectivity index (χ1n) is 3.85. The molecule has 0 aliphatic rings. The summed E-state index contributed by atoms with van der Waals surface area (Å²) in [5, 5.41) is 0. The molecule has 1 unspecified atom stereocenters. The zero-order chi connectivity index (χ0) is 9.83. The molecule has 0 amide bonds. The smallest absolute Gasteiger partial charge is 0.327 e. The van der Waals surface area contributed by atoms with Gasteiger partial charge >= 0.3 is 7.60 Å². The van der Waals surface area contributed by atoms with Crippen LogP contribution >= 0.6 is 7.60 Å². The zero-order valence-corrected chi connectivity index (χ0v) is 9.43. The zero-order valence-electron chi connectivity index (χ0n) is 8.53. The van der Waals surface area contributed by atoms with Crippen LogP contribution in [0.5, 0.6) is 0 Å². The van der Waals surface area contributed by atoms with Crippen LogP contribution in [0.25, 0.3) is 0 Å². The van der Waals surface area contributed by atoms with Crippen LogP contribution < -0.4 is 0 Å². The van der Waals surface area contributed by atoms with Gasteiger partial charge in [-0.2, -0.15) is 0 Å². The Kier molecular flexibility index (Phi) is 4.42. The Balaban J connectivity index is 3.65. The van der Waals surface area contributed by atoms with Gasteiger partial charge in [-0.15, -0.1) is 0 Å². The maximum Gasteiger partial charge on any atom is 0.327 e.